The van der Waals surface area contributed by atoms with Crippen molar-refractivity contribution in [2.45, 2.75) is 0 Å². The molecule has 0 radical (unpaired) electrons. The van der Waals surface area contributed by atoms with Gasteiger partial charge in [0, 0.05) is 6.07 Å². The molecule has 0 unspecified atom stereocenters. The fourth-order valence-corrected chi connectivity index (χ4v) is 1.82. The van der Waals surface area contributed by atoms with Gasteiger partial charge in [-0.25, -0.2) is 9.18 Å². The number of esters is 1. The molecule has 2 aromatic carbocycles. The van der Waals surface area contributed by atoms with Gasteiger partial charge in [0.15, 0.2) is 19.0 Å². The third kappa shape index (κ3) is 4.35. The second kappa shape index (κ2) is 7.82. The zero-order valence-corrected chi connectivity index (χ0v) is 12.3. The van der Waals surface area contributed by atoms with E-state index in [2.05, 4.69) is 4.74 Å². The van der Waals surface area contributed by atoms with Crippen molar-refractivity contribution in [3.05, 3.63) is 70.0 Å². The Hall–Kier alpha value is -3.29. The molecule has 7 nitrogen and oxygen atoms in total. The van der Waals surface area contributed by atoms with Gasteiger partial charge in [-0.15, -0.1) is 0 Å². The van der Waals surface area contributed by atoms with Crippen LogP contribution in [0.5, 0.6) is 5.75 Å². The Morgan fingerprint density at radius 3 is 2.42 bits per heavy atom. The summed E-state index contributed by atoms with van der Waals surface area (Å²) in [6, 6.07) is 10.8. The Morgan fingerprint density at radius 1 is 1.04 bits per heavy atom. The summed E-state index contributed by atoms with van der Waals surface area (Å²) >= 11 is 0. The number of halogens is 1. The Labute approximate surface area is 135 Å². The van der Waals surface area contributed by atoms with Gasteiger partial charge < -0.3 is 9.47 Å². The molecule has 0 saturated heterocycles. The topological polar surface area (TPSA) is 95.7 Å². The molecular formula is C16H12FNO6. The highest BCUT2D eigenvalue weighted by Crippen LogP contribution is 2.25. The maximum Gasteiger partial charge on any atom is 0.344 e. The van der Waals surface area contributed by atoms with Crippen LogP contribution in [0.15, 0.2) is 48.5 Å². The van der Waals surface area contributed by atoms with E-state index in [-0.39, 0.29) is 17.0 Å². The quantitative estimate of drug-likeness (QED) is 0.334. The molecule has 0 saturated carbocycles. The summed E-state index contributed by atoms with van der Waals surface area (Å²) in [4.78, 5) is 33.4. The first-order valence-corrected chi connectivity index (χ1v) is 6.78. The minimum atomic E-state index is -0.905. The summed E-state index contributed by atoms with van der Waals surface area (Å²) in [6.07, 6.45) is 0. The van der Waals surface area contributed by atoms with Crippen molar-refractivity contribution in [1.29, 1.82) is 0 Å². The molecule has 0 N–H and O–H groups in total. The Kier molecular flexibility index (Phi) is 5.56. The Morgan fingerprint density at radius 2 is 1.71 bits per heavy atom. The number of hydrogen-bond acceptors (Lipinski definition) is 6. The smallest absolute Gasteiger partial charge is 0.344 e. The van der Waals surface area contributed by atoms with Gasteiger partial charge >= 0.3 is 11.7 Å². The number of para-hydroxylation sites is 2. The Balaban J connectivity index is 1.87. The lowest BCUT2D eigenvalue weighted by Crippen LogP contribution is -2.20. The number of nitro benzene ring substituents is 1. The number of hydrogen-bond donors (Lipinski definition) is 0. The monoisotopic (exact) mass is 333 g/mol. The van der Waals surface area contributed by atoms with Crippen molar-refractivity contribution in [2.24, 2.45) is 0 Å². The number of nitro groups is 1. The molecule has 2 aromatic rings. The highest BCUT2D eigenvalue weighted by Gasteiger charge is 2.17. The van der Waals surface area contributed by atoms with Gasteiger partial charge in [-0.1, -0.05) is 24.3 Å². The fraction of sp³-hybridized carbons (Fsp3) is 0.125. The van der Waals surface area contributed by atoms with Crippen molar-refractivity contribution in [1.82, 2.24) is 0 Å². The normalized spacial score (nSPS) is 10.0. The van der Waals surface area contributed by atoms with E-state index in [0.717, 1.165) is 6.07 Å². The van der Waals surface area contributed by atoms with Crippen molar-refractivity contribution >= 4 is 17.4 Å². The molecule has 0 aromatic heterocycles. The largest absolute Gasteiger partial charge is 0.475 e. The summed E-state index contributed by atoms with van der Waals surface area (Å²) in [6.45, 7) is -1.27. The maximum absolute atomic E-state index is 13.4. The number of Topliss-reactive ketones (excluding diaryl/α,β-unsaturated/α-hetero) is 1. The van der Waals surface area contributed by atoms with Crippen LogP contribution in [0.1, 0.15) is 10.4 Å². The molecule has 0 aliphatic heterocycles. The first kappa shape index (κ1) is 17.1. The summed E-state index contributed by atoms with van der Waals surface area (Å²) in [7, 11) is 0. The first-order valence-electron chi connectivity index (χ1n) is 6.78. The van der Waals surface area contributed by atoms with E-state index in [1.54, 1.807) is 0 Å². The fourth-order valence-electron chi connectivity index (χ4n) is 1.82. The van der Waals surface area contributed by atoms with Gasteiger partial charge in [-0.05, 0) is 18.2 Å². The van der Waals surface area contributed by atoms with Gasteiger partial charge in [0.1, 0.15) is 5.82 Å². The van der Waals surface area contributed by atoms with Crippen LogP contribution in [-0.2, 0) is 9.53 Å². The SMILES string of the molecule is O=C(COc1ccccc1[N+](=O)[O-])OCC(=O)c1ccccc1F. The lowest BCUT2D eigenvalue weighted by atomic mass is 10.1. The maximum atomic E-state index is 13.4. The van der Waals surface area contributed by atoms with E-state index in [4.69, 9.17) is 4.74 Å². The highest BCUT2D eigenvalue weighted by atomic mass is 19.1. The van der Waals surface area contributed by atoms with Crippen molar-refractivity contribution < 1.29 is 28.4 Å². The molecule has 0 fully saturated rings. The van der Waals surface area contributed by atoms with Crippen LogP contribution in [0.3, 0.4) is 0 Å². The number of ketones is 1. The van der Waals surface area contributed by atoms with E-state index in [9.17, 15) is 24.1 Å². The van der Waals surface area contributed by atoms with E-state index in [1.165, 1.54) is 42.5 Å². The van der Waals surface area contributed by atoms with Crippen LogP contribution in [0, 0.1) is 15.9 Å². The van der Waals surface area contributed by atoms with Crippen LogP contribution in [0.25, 0.3) is 0 Å². The molecular weight excluding hydrogens is 321 g/mol. The van der Waals surface area contributed by atoms with E-state index in [1.807, 2.05) is 0 Å². The molecule has 8 heteroatoms. The molecule has 0 heterocycles. The predicted molar refractivity (Wildman–Crippen MR) is 80.3 cm³/mol. The number of carbonyl (C=O) groups is 2. The number of nitrogens with zero attached hydrogens (tertiary/aromatic N) is 1. The average Bonchev–Trinajstić information content (AvgIpc) is 2.58. The van der Waals surface area contributed by atoms with Crippen LogP contribution in [-0.4, -0.2) is 29.9 Å². The molecule has 0 amide bonds. The zero-order valence-electron chi connectivity index (χ0n) is 12.3. The van der Waals surface area contributed by atoms with Crippen LogP contribution >= 0.6 is 0 Å². The van der Waals surface area contributed by atoms with Crippen LogP contribution < -0.4 is 4.74 Å². The van der Waals surface area contributed by atoms with Crippen LogP contribution in [0.2, 0.25) is 0 Å². The summed E-state index contributed by atoms with van der Waals surface area (Å²) in [5.41, 5.74) is -0.488. The number of rotatable bonds is 7. The summed E-state index contributed by atoms with van der Waals surface area (Å²) < 4.78 is 23.1. The summed E-state index contributed by atoms with van der Waals surface area (Å²) in [5.74, 6) is -2.42. The zero-order chi connectivity index (χ0) is 17.5. The molecule has 0 spiro atoms. The second-order valence-corrected chi connectivity index (χ2v) is 4.58. The van der Waals surface area contributed by atoms with Gasteiger partial charge in [0.05, 0.1) is 10.5 Å². The van der Waals surface area contributed by atoms with Gasteiger partial charge in [0.25, 0.3) is 0 Å². The molecule has 0 bridgehead atoms. The minimum Gasteiger partial charge on any atom is -0.475 e. The third-order valence-electron chi connectivity index (χ3n) is 2.95. The van der Waals surface area contributed by atoms with Crippen molar-refractivity contribution in [3.8, 4) is 5.75 Å². The third-order valence-corrected chi connectivity index (χ3v) is 2.95. The van der Waals surface area contributed by atoms with Crippen LogP contribution in [0.4, 0.5) is 10.1 Å². The molecule has 2 rings (SSSR count). The number of carbonyl (C=O) groups excluding carboxylic acids is 2. The minimum absolute atomic E-state index is 0.0973. The first-order chi connectivity index (χ1) is 11.5. The number of benzene rings is 2. The van der Waals surface area contributed by atoms with Gasteiger partial charge in [-0.2, -0.15) is 0 Å². The molecule has 0 atom stereocenters. The van der Waals surface area contributed by atoms with E-state index >= 15 is 0 Å². The highest BCUT2D eigenvalue weighted by molar-refractivity contribution is 5.98. The molecule has 24 heavy (non-hydrogen) atoms. The molecule has 0 aliphatic rings. The lowest BCUT2D eigenvalue weighted by Gasteiger charge is -2.07. The average molecular weight is 333 g/mol. The van der Waals surface area contributed by atoms with E-state index in [0.29, 0.717) is 0 Å². The van der Waals surface area contributed by atoms with E-state index < -0.39 is 35.7 Å². The molecule has 0 aliphatic carbocycles. The number of ether oxygens (including phenoxy) is 2. The second-order valence-electron chi connectivity index (χ2n) is 4.58. The lowest BCUT2D eigenvalue weighted by molar-refractivity contribution is -0.385. The van der Waals surface area contributed by atoms with Crippen molar-refractivity contribution in [2.75, 3.05) is 13.2 Å². The van der Waals surface area contributed by atoms with Crippen molar-refractivity contribution in [3.63, 3.8) is 0 Å². The predicted octanol–water partition coefficient (Wildman–Crippen LogP) is 2.54. The molecule has 124 valence electrons. The standard InChI is InChI=1S/C16H12FNO6/c17-12-6-2-1-5-11(12)14(19)9-24-16(20)10-23-15-8-4-3-7-13(15)18(21)22/h1-8H,9-10H2. The Bertz CT molecular complexity index is 777. The van der Waals surface area contributed by atoms with Gasteiger partial charge in [-0.3, -0.25) is 14.9 Å². The van der Waals surface area contributed by atoms with Gasteiger partial charge in [0.2, 0.25) is 5.78 Å². The summed E-state index contributed by atoms with van der Waals surface area (Å²) in [5, 5.41) is 10.8.